The van der Waals surface area contributed by atoms with Crippen molar-refractivity contribution in [2.45, 2.75) is 11.8 Å². The van der Waals surface area contributed by atoms with Gasteiger partial charge >= 0.3 is 0 Å². The van der Waals surface area contributed by atoms with Crippen LogP contribution in [-0.4, -0.2) is 19.6 Å². The van der Waals surface area contributed by atoms with Crippen LogP contribution in [0.4, 0.5) is 5.69 Å². The SMILES string of the molecule is Cc1ccc(S(=O)(=O)N/N=C/C(Br)=C/c2ccccc2)cc1[N+](=O)[O-]. The Morgan fingerprint density at radius 1 is 1.24 bits per heavy atom. The molecule has 0 unspecified atom stereocenters. The molecule has 0 amide bonds. The summed E-state index contributed by atoms with van der Waals surface area (Å²) in [6, 6.07) is 13.1. The lowest BCUT2D eigenvalue weighted by Crippen LogP contribution is -2.18. The van der Waals surface area contributed by atoms with Gasteiger partial charge in [0.2, 0.25) is 0 Å². The van der Waals surface area contributed by atoms with Gasteiger partial charge in [-0.15, -0.1) is 0 Å². The maximum Gasteiger partial charge on any atom is 0.276 e. The van der Waals surface area contributed by atoms with Crippen molar-refractivity contribution in [1.29, 1.82) is 0 Å². The van der Waals surface area contributed by atoms with Crippen LogP contribution >= 0.6 is 15.9 Å². The van der Waals surface area contributed by atoms with E-state index >= 15 is 0 Å². The van der Waals surface area contributed by atoms with Crippen molar-refractivity contribution in [1.82, 2.24) is 4.83 Å². The summed E-state index contributed by atoms with van der Waals surface area (Å²) in [6.45, 7) is 1.53. The standard InChI is InChI=1S/C16H14BrN3O4S/c1-12-7-8-15(10-16(12)20(21)22)25(23,24)19-18-11-14(17)9-13-5-3-2-4-6-13/h2-11,19H,1H3/b14-9-,18-11+. The fourth-order valence-electron chi connectivity index (χ4n) is 1.91. The second-order valence-electron chi connectivity index (χ2n) is 5.00. The van der Waals surface area contributed by atoms with Gasteiger partial charge in [0.15, 0.2) is 0 Å². The van der Waals surface area contributed by atoms with Gasteiger partial charge in [-0.1, -0.05) is 36.4 Å². The van der Waals surface area contributed by atoms with Crippen molar-refractivity contribution in [2.24, 2.45) is 5.10 Å². The Kier molecular flexibility index (Phi) is 6.05. The van der Waals surface area contributed by atoms with Gasteiger partial charge in [0, 0.05) is 16.1 Å². The van der Waals surface area contributed by atoms with Gasteiger partial charge in [0.05, 0.1) is 16.0 Å². The van der Waals surface area contributed by atoms with Crippen molar-refractivity contribution in [3.05, 3.63) is 74.3 Å². The summed E-state index contributed by atoms with van der Waals surface area (Å²) in [7, 11) is -4.00. The number of sulfonamides is 1. The third-order valence-electron chi connectivity index (χ3n) is 3.15. The lowest BCUT2D eigenvalue weighted by Gasteiger charge is -2.04. The minimum Gasteiger partial charge on any atom is -0.258 e. The van der Waals surface area contributed by atoms with Crippen LogP contribution in [0.15, 0.2) is 63.0 Å². The zero-order chi connectivity index (χ0) is 18.4. The molecule has 2 aromatic carbocycles. The number of rotatable bonds is 6. The molecular weight excluding hydrogens is 410 g/mol. The average molecular weight is 424 g/mol. The van der Waals surface area contributed by atoms with Crippen LogP contribution in [0.1, 0.15) is 11.1 Å². The summed E-state index contributed by atoms with van der Waals surface area (Å²) in [5, 5.41) is 14.6. The Hall–Kier alpha value is -2.52. The van der Waals surface area contributed by atoms with Crippen molar-refractivity contribution in [3.8, 4) is 0 Å². The molecule has 0 aliphatic rings. The van der Waals surface area contributed by atoms with Crippen LogP contribution < -0.4 is 4.83 Å². The van der Waals surface area contributed by atoms with E-state index < -0.39 is 14.9 Å². The molecule has 0 heterocycles. The molecule has 0 spiro atoms. The highest BCUT2D eigenvalue weighted by atomic mass is 79.9. The third-order valence-corrected chi connectivity index (χ3v) is 4.81. The molecule has 9 heteroatoms. The molecular formula is C16H14BrN3O4S. The van der Waals surface area contributed by atoms with E-state index in [-0.39, 0.29) is 10.6 Å². The molecule has 0 atom stereocenters. The smallest absolute Gasteiger partial charge is 0.258 e. The number of benzene rings is 2. The molecule has 2 rings (SSSR count). The van der Waals surface area contributed by atoms with Gasteiger partial charge in [-0.05, 0) is 40.6 Å². The van der Waals surface area contributed by atoms with Crippen molar-refractivity contribution < 1.29 is 13.3 Å². The van der Waals surface area contributed by atoms with E-state index in [0.717, 1.165) is 11.6 Å². The van der Waals surface area contributed by atoms with E-state index in [9.17, 15) is 18.5 Å². The number of aryl methyl sites for hydroxylation is 1. The number of nitrogens with zero attached hydrogens (tertiary/aromatic N) is 2. The second-order valence-corrected chi connectivity index (χ2v) is 7.57. The lowest BCUT2D eigenvalue weighted by atomic mass is 10.2. The molecule has 0 aromatic heterocycles. The number of allylic oxidation sites excluding steroid dienone is 1. The van der Waals surface area contributed by atoms with E-state index in [2.05, 4.69) is 21.0 Å². The predicted molar refractivity (Wildman–Crippen MR) is 100.0 cm³/mol. The first-order valence-electron chi connectivity index (χ1n) is 7.02. The van der Waals surface area contributed by atoms with Crippen LogP contribution in [-0.2, 0) is 10.0 Å². The van der Waals surface area contributed by atoms with E-state index in [4.69, 9.17) is 0 Å². The maximum absolute atomic E-state index is 12.2. The molecule has 0 radical (unpaired) electrons. The number of hydrogen-bond donors (Lipinski definition) is 1. The lowest BCUT2D eigenvalue weighted by molar-refractivity contribution is -0.385. The largest absolute Gasteiger partial charge is 0.276 e. The minimum atomic E-state index is -4.00. The maximum atomic E-state index is 12.2. The van der Waals surface area contributed by atoms with E-state index in [1.54, 1.807) is 6.08 Å². The number of halogens is 1. The first-order chi connectivity index (χ1) is 11.8. The second kappa shape index (κ2) is 8.04. The summed E-state index contributed by atoms with van der Waals surface area (Å²) in [6.07, 6.45) is 3.04. The van der Waals surface area contributed by atoms with Gasteiger partial charge in [-0.3, -0.25) is 10.1 Å². The van der Waals surface area contributed by atoms with Gasteiger partial charge in [-0.2, -0.15) is 13.5 Å². The Bertz CT molecular complexity index is 941. The molecule has 0 saturated carbocycles. The molecule has 0 aliphatic carbocycles. The Morgan fingerprint density at radius 2 is 1.92 bits per heavy atom. The quantitative estimate of drug-likeness (QED) is 0.435. The topological polar surface area (TPSA) is 102 Å². The van der Waals surface area contributed by atoms with Crippen LogP contribution in [0.3, 0.4) is 0 Å². The molecule has 130 valence electrons. The highest BCUT2D eigenvalue weighted by Crippen LogP contribution is 2.22. The van der Waals surface area contributed by atoms with E-state index in [1.807, 2.05) is 35.2 Å². The zero-order valence-electron chi connectivity index (χ0n) is 13.1. The first-order valence-corrected chi connectivity index (χ1v) is 9.29. The summed E-state index contributed by atoms with van der Waals surface area (Å²) >= 11 is 3.27. The number of nitro groups is 1. The molecule has 25 heavy (non-hydrogen) atoms. The highest BCUT2D eigenvalue weighted by molar-refractivity contribution is 9.12. The Balaban J connectivity index is 2.15. The number of hydrazone groups is 1. The molecule has 7 nitrogen and oxygen atoms in total. The van der Waals surface area contributed by atoms with Gasteiger partial charge in [0.1, 0.15) is 0 Å². The zero-order valence-corrected chi connectivity index (χ0v) is 15.5. The number of nitro benzene ring substituents is 1. The fraction of sp³-hybridized carbons (Fsp3) is 0.0625. The summed E-state index contributed by atoms with van der Waals surface area (Å²) in [4.78, 5) is 12.1. The molecule has 0 bridgehead atoms. The van der Waals surface area contributed by atoms with E-state index in [1.165, 1.54) is 25.3 Å². The van der Waals surface area contributed by atoms with Gasteiger partial charge in [0.25, 0.3) is 15.7 Å². The average Bonchev–Trinajstić information content (AvgIpc) is 2.55. The third kappa shape index (κ3) is 5.23. The normalized spacial score (nSPS) is 12.3. The van der Waals surface area contributed by atoms with Crippen molar-refractivity contribution in [3.63, 3.8) is 0 Å². The minimum absolute atomic E-state index is 0.231. The van der Waals surface area contributed by atoms with Crippen molar-refractivity contribution in [2.75, 3.05) is 0 Å². The molecule has 0 fully saturated rings. The number of nitrogens with one attached hydrogen (secondary N) is 1. The summed E-state index contributed by atoms with van der Waals surface area (Å²) in [5.41, 5.74) is 1.02. The first kappa shape index (κ1) is 18.8. The fourth-order valence-corrected chi connectivity index (χ4v) is 3.09. The Labute approximate surface area is 153 Å². The van der Waals surface area contributed by atoms with E-state index in [0.29, 0.717) is 10.0 Å². The van der Waals surface area contributed by atoms with Gasteiger partial charge < -0.3 is 0 Å². The van der Waals surface area contributed by atoms with Crippen LogP contribution in [0.25, 0.3) is 6.08 Å². The van der Waals surface area contributed by atoms with Crippen LogP contribution in [0.2, 0.25) is 0 Å². The van der Waals surface area contributed by atoms with Crippen molar-refractivity contribution >= 4 is 43.9 Å². The monoisotopic (exact) mass is 423 g/mol. The summed E-state index contributed by atoms with van der Waals surface area (Å²) in [5.74, 6) is 0. The van der Waals surface area contributed by atoms with Crippen LogP contribution in [0.5, 0.6) is 0 Å². The molecule has 0 saturated heterocycles. The predicted octanol–water partition coefficient (Wildman–Crippen LogP) is 3.60. The molecule has 1 N–H and O–H groups in total. The summed E-state index contributed by atoms with van der Waals surface area (Å²) < 4.78 is 24.9. The Morgan fingerprint density at radius 3 is 2.56 bits per heavy atom. The van der Waals surface area contributed by atoms with Crippen LogP contribution in [0, 0.1) is 17.0 Å². The number of hydrogen-bond acceptors (Lipinski definition) is 5. The highest BCUT2D eigenvalue weighted by Gasteiger charge is 2.19. The molecule has 0 aliphatic heterocycles. The molecule has 2 aromatic rings. The van der Waals surface area contributed by atoms with Gasteiger partial charge in [-0.25, -0.2) is 4.83 Å².